The molecule has 1 N–H and O–H groups in total. The molecule has 0 saturated carbocycles. The SMILES string of the molecule is CS(=O)(=O)CCNC(c1ccccc1)c1ccc(F)cc1. The normalized spacial score (nSPS) is 13.0. The van der Waals surface area contributed by atoms with Crippen LogP contribution in [0.5, 0.6) is 0 Å². The average molecular weight is 307 g/mol. The lowest BCUT2D eigenvalue weighted by Gasteiger charge is -2.19. The number of halogens is 1. The summed E-state index contributed by atoms with van der Waals surface area (Å²) in [7, 11) is -3.01. The van der Waals surface area contributed by atoms with Gasteiger partial charge in [-0.1, -0.05) is 42.5 Å². The maximum absolute atomic E-state index is 13.1. The Balaban J connectivity index is 2.20. The minimum absolute atomic E-state index is 0.0670. The van der Waals surface area contributed by atoms with Crippen LogP contribution in [0.2, 0.25) is 0 Å². The summed E-state index contributed by atoms with van der Waals surface area (Å²) in [6.45, 7) is 0.343. The monoisotopic (exact) mass is 307 g/mol. The lowest BCUT2D eigenvalue weighted by atomic mass is 9.99. The third-order valence-corrected chi connectivity index (χ3v) is 4.10. The van der Waals surface area contributed by atoms with E-state index in [1.807, 2.05) is 30.3 Å². The van der Waals surface area contributed by atoms with Gasteiger partial charge in [-0.25, -0.2) is 12.8 Å². The summed E-state index contributed by atoms with van der Waals surface area (Å²) < 4.78 is 35.5. The Morgan fingerprint density at radius 1 is 1.00 bits per heavy atom. The van der Waals surface area contributed by atoms with Crippen LogP contribution in [0.15, 0.2) is 54.6 Å². The first-order chi connectivity index (χ1) is 9.96. The zero-order valence-corrected chi connectivity index (χ0v) is 12.6. The highest BCUT2D eigenvalue weighted by atomic mass is 32.2. The quantitative estimate of drug-likeness (QED) is 0.892. The van der Waals surface area contributed by atoms with E-state index < -0.39 is 9.84 Å². The van der Waals surface area contributed by atoms with Gasteiger partial charge in [0.25, 0.3) is 0 Å². The number of sulfone groups is 1. The largest absolute Gasteiger partial charge is 0.305 e. The maximum atomic E-state index is 13.1. The first kappa shape index (κ1) is 15.7. The number of nitrogens with one attached hydrogen (secondary N) is 1. The molecular weight excluding hydrogens is 289 g/mol. The van der Waals surface area contributed by atoms with Crippen LogP contribution in [0, 0.1) is 5.82 Å². The van der Waals surface area contributed by atoms with Crippen molar-refractivity contribution in [1.29, 1.82) is 0 Å². The topological polar surface area (TPSA) is 46.2 Å². The lowest BCUT2D eigenvalue weighted by Crippen LogP contribution is -2.27. The van der Waals surface area contributed by atoms with Gasteiger partial charge in [0, 0.05) is 12.8 Å². The van der Waals surface area contributed by atoms with Crippen LogP contribution >= 0.6 is 0 Å². The third-order valence-electron chi connectivity index (χ3n) is 3.16. The van der Waals surface area contributed by atoms with Crippen LogP contribution in [0.25, 0.3) is 0 Å². The summed E-state index contributed by atoms with van der Waals surface area (Å²) in [5.41, 5.74) is 1.91. The maximum Gasteiger partial charge on any atom is 0.148 e. The smallest absolute Gasteiger partial charge is 0.148 e. The van der Waals surface area contributed by atoms with Gasteiger partial charge in [-0.2, -0.15) is 0 Å². The number of benzene rings is 2. The summed E-state index contributed by atoms with van der Waals surface area (Å²) in [5.74, 6) is -0.223. The van der Waals surface area contributed by atoms with E-state index in [2.05, 4.69) is 5.32 Å². The first-order valence-electron chi connectivity index (χ1n) is 6.67. The minimum Gasteiger partial charge on any atom is -0.305 e. The van der Waals surface area contributed by atoms with Gasteiger partial charge in [0.2, 0.25) is 0 Å². The van der Waals surface area contributed by atoms with Crippen LogP contribution < -0.4 is 5.32 Å². The van der Waals surface area contributed by atoms with Crippen molar-refractivity contribution in [2.75, 3.05) is 18.6 Å². The fourth-order valence-corrected chi connectivity index (χ4v) is 2.61. The molecule has 0 aromatic heterocycles. The van der Waals surface area contributed by atoms with Crippen molar-refractivity contribution in [3.05, 3.63) is 71.5 Å². The Hall–Kier alpha value is -1.72. The first-order valence-corrected chi connectivity index (χ1v) is 8.73. The molecule has 0 saturated heterocycles. The van der Waals surface area contributed by atoms with Crippen LogP contribution in [0.3, 0.4) is 0 Å². The molecule has 5 heteroatoms. The molecule has 1 atom stereocenters. The minimum atomic E-state index is -3.01. The van der Waals surface area contributed by atoms with Gasteiger partial charge in [0.05, 0.1) is 11.8 Å². The summed E-state index contributed by atoms with van der Waals surface area (Å²) >= 11 is 0. The molecule has 0 aliphatic rings. The molecule has 2 aromatic rings. The molecule has 112 valence electrons. The Kier molecular flexibility index (Phi) is 5.09. The predicted octanol–water partition coefficient (Wildman–Crippen LogP) is 2.55. The van der Waals surface area contributed by atoms with Gasteiger partial charge < -0.3 is 5.32 Å². The molecule has 21 heavy (non-hydrogen) atoms. The Morgan fingerprint density at radius 2 is 1.57 bits per heavy atom. The van der Waals surface area contributed by atoms with Crippen molar-refractivity contribution in [3.8, 4) is 0 Å². The molecule has 1 unspecified atom stereocenters. The molecule has 3 nitrogen and oxygen atoms in total. The fourth-order valence-electron chi connectivity index (χ4n) is 2.12. The molecule has 0 fully saturated rings. The molecule has 0 aliphatic carbocycles. The second kappa shape index (κ2) is 6.83. The standard InChI is InChI=1S/C16H18FNO2S/c1-21(19,20)12-11-18-16(13-5-3-2-4-6-13)14-7-9-15(17)10-8-14/h2-10,16,18H,11-12H2,1H3. The summed E-state index contributed by atoms with van der Waals surface area (Å²) in [6, 6.07) is 15.8. The van der Waals surface area contributed by atoms with Crippen molar-refractivity contribution in [2.45, 2.75) is 6.04 Å². The second-order valence-electron chi connectivity index (χ2n) is 4.98. The highest BCUT2D eigenvalue weighted by Crippen LogP contribution is 2.22. The van der Waals surface area contributed by atoms with Gasteiger partial charge in [0.15, 0.2) is 0 Å². The molecular formula is C16H18FNO2S. The van der Waals surface area contributed by atoms with E-state index in [4.69, 9.17) is 0 Å². The van der Waals surface area contributed by atoms with Crippen LogP contribution in [-0.2, 0) is 9.84 Å². The van der Waals surface area contributed by atoms with Gasteiger partial charge in [0.1, 0.15) is 15.7 Å². The van der Waals surface area contributed by atoms with Gasteiger partial charge in [-0.05, 0) is 23.3 Å². The average Bonchev–Trinajstić information content (AvgIpc) is 2.45. The lowest BCUT2D eigenvalue weighted by molar-refractivity contribution is 0.586. The van der Waals surface area contributed by atoms with Crippen LogP contribution in [-0.4, -0.2) is 27.0 Å². The van der Waals surface area contributed by atoms with Gasteiger partial charge >= 0.3 is 0 Å². The van der Waals surface area contributed by atoms with E-state index in [0.717, 1.165) is 11.1 Å². The Labute approximate surface area is 124 Å². The van der Waals surface area contributed by atoms with Gasteiger partial charge in [-0.15, -0.1) is 0 Å². The van der Waals surface area contributed by atoms with Crippen molar-refractivity contribution >= 4 is 9.84 Å². The van der Waals surface area contributed by atoms with E-state index in [-0.39, 0.29) is 17.6 Å². The molecule has 0 radical (unpaired) electrons. The molecule has 0 aliphatic heterocycles. The third kappa shape index (κ3) is 4.95. The van der Waals surface area contributed by atoms with E-state index >= 15 is 0 Å². The Bertz CT molecular complexity index is 669. The zero-order valence-electron chi connectivity index (χ0n) is 11.8. The molecule has 0 heterocycles. The van der Waals surface area contributed by atoms with Crippen molar-refractivity contribution in [1.82, 2.24) is 5.32 Å². The van der Waals surface area contributed by atoms with Crippen LogP contribution in [0.4, 0.5) is 4.39 Å². The highest BCUT2D eigenvalue weighted by molar-refractivity contribution is 7.90. The summed E-state index contributed by atoms with van der Waals surface area (Å²) in [4.78, 5) is 0. The molecule has 0 spiro atoms. The van der Waals surface area contributed by atoms with Crippen molar-refractivity contribution in [2.24, 2.45) is 0 Å². The summed E-state index contributed by atoms with van der Waals surface area (Å²) in [6.07, 6.45) is 1.21. The van der Waals surface area contributed by atoms with E-state index in [1.165, 1.54) is 18.4 Å². The van der Waals surface area contributed by atoms with E-state index in [1.54, 1.807) is 12.1 Å². The van der Waals surface area contributed by atoms with Crippen molar-refractivity contribution in [3.63, 3.8) is 0 Å². The fraction of sp³-hybridized carbons (Fsp3) is 0.250. The summed E-state index contributed by atoms with van der Waals surface area (Å²) in [5, 5.41) is 3.23. The molecule has 2 rings (SSSR count). The van der Waals surface area contributed by atoms with Gasteiger partial charge in [-0.3, -0.25) is 0 Å². The number of rotatable bonds is 6. The van der Waals surface area contributed by atoms with Crippen LogP contribution in [0.1, 0.15) is 17.2 Å². The van der Waals surface area contributed by atoms with E-state index in [9.17, 15) is 12.8 Å². The molecule has 2 aromatic carbocycles. The highest BCUT2D eigenvalue weighted by Gasteiger charge is 2.14. The second-order valence-corrected chi connectivity index (χ2v) is 7.24. The van der Waals surface area contributed by atoms with E-state index in [0.29, 0.717) is 6.54 Å². The Morgan fingerprint density at radius 3 is 2.14 bits per heavy atom. The zero-order chi connectivity index (χ0) is 15.3. The molecule has 0 bridgehead atoms. The number of hydrogen-bond donors (Lipinski definition) is 1. The molecule has 0 amide bonds. The predicted molar refractivity (Wildman–Crippen MR) is 82.4 cm³/mol. The number of hydrogen-bond acceptors (Lipinski definition) is 3. The van der Waals surface area contributed by atoms with Crippen molar-refractivity contribution < 1.29 is 12.8 Å².